The highest BCUT2D eigenvalue weighted by Crippen LogP contribution is 2.54. The third-order valence-corrected chi connectivity index (χ3v) is 11.8. The minimum Gasteiger partial charge on any atom is -0.338 e. The molecule has 5 aromatic rings. The van der Waals surface area contributed by atoms with Gasteiger partial charge in [0.2, 0.25) is 23.6 Å². The number of benzene rings is 3. The number of rotatable bonds is 4. The minimum atomic E-state index is -0.240. The number of hydrogen-bond donors (Lipinski definition) is 2. The van der Waals surface area contributed by atoms with Crippen molar-refractivity contribution in [2.45, 2.75) is 12.8 Å². The van der Waals surface area contributed by atoms with Crippen molar-refractivity contribution in [1.82, 2.24) is 19.9 Å². The van der Waals surface area contributed by atoms with Gasteiger partial charge in [0.15, 0.2) is 0 Å². The van der Waals surface area contributed by atoms with E-state index in [2.05, 4.69) is 34.3 Å². The van der Waals surface area contributed by atoms with E-state index in [1.807, 2.05) is 54.6 Å². The average molecular weight is 633 g/mol. The molecule has 10 nitrogen and oxygen atoms in total. The number of fused-ring (bicyclic) bond motifs is 12. The van der Waals surface area contributed by atoms with Gasteiger partial charge in [-0.25, -0.2) is 14.9 Å². The molecule has 2 N–H and O–H groups in total. The zero-order valence-corrected chi connectivity index (χ0v) is 25.5. The first-order valence-corrected chi connectivity index (χ1v) is 16.6. The van der Waals surface area contributed by atoms with E-state index in [-0.39, 0.29) is 71.0 Å². The van der Waals surface area contributed by atoms with E-state index in [0.717, 1.165) is 46.0 Å². The van der Waals surface area contributed by atoms with Crippen LogP contribution in [0.4, 0.5) is 11.4 Å². The van der Waals surface area contributed by atoms with Crippen molar-refractivity contribution in [2.75, 3.05) is 9.80 Å². The van der Waals surface area contributed by atoms with Gasteiger partial charge in [-0.2, -0.15) is 0 Å². The standard InChI is InChI=1S/C38H28N6O4/c45-35-29-18-1-2-19(13-18)30(29)36(46)43(35)23-8-5-17(6-9-23)33-39-25-11-7-22(15-27(25)41-33)34-40-26-12-10-24(16-28(26)42-34)44-37(47)31-20-3-4-21(14-20)32(31)38(44)48/h1-12,15-16,18-21,29-32H,13-14H2,(H,39,41)(H,40,42)/t18-,19-,20-,21+,29-,30-,31-,32+/m0/s1. The lowest BCUT2D eigenvalue weighted by Crippen LogP contribution is -2.32. The molecule has 4 bridgehead atoms. The van der Waals surface area contributed by atoms with Crippen molar-refractivity contribution in [3.8, 4) is 22.8 Å². The quantitative estimate of drug-likeness (QED) is 0.202. The molecule has 4 fully saturated rings. The second-order valence-electron chi connectivity index (χ2n) is 14.2. The number of nitrogens with zero attached hydrogens (tertiary/aromatic N) is 4. The van der Waals surface area contributed by atoms with Crippen LogP contribution < -0.4 is 9.80 Å². The van der Waals surface area contributed by atoms with Crippen LogP contribution in [0.25, 0.3) is 44.8 Å². The van der Waals surface area contributed by atoms with Crippen molar-refractivity contribution in [3.63, 3.8) is 0 Å². The summed E-state index contributed by atoms with van der Waals surface area (Å²) in [5.41, 5.74) is 5.97. The Balaban J connectivity index is 0.860. The predicted octanol–water partition coefficient (Wildman–Crippen LogP) is 5.40. The Labute approximate surface area is 273 Å². The predicted molar refractivity (Wildman–Crippen MR) is 177 cm³/mol. The number of imidazole rings is 2. The molecule has 4 aliphatic carbocycles. The SMILES string of the molecule is O=C1[C@@H]2[C@@H](C(=O)N1c1ccc(-c3nc4ccc(-c5nc6ccc(N7C(=O)[C@@H]8[C@H](C7=O)[C@@H]7C=C[C@H]8C7)cc6[nH]5)cc4[nH]3)cc1)[C@H]1C=C[C@H]2C1. The monoisotopic (exact) mass is 632 g/mol. The third-order valence-electron chi connectivity index (χ3n) is 11.8. The van der Waals surface area contributed by atoms with Crippen LogP contribution >= 0.6 is 0 Å². The topological polar surface area (TPSA) is 132 Å². The number of aromatic nitrogens is 4. The Morgan fingerprint density at radius 2 is 0.917 bits per heavy atom. The maximum atomic E-state index is 13.3. The lowest BCUT2D eigenvalue weighted by atomic mass is 9.85. The Morgan fingerprint density at radius 1 is 0.500 bits per heavy atom. The van der Waals surface area contributed by atoms with Crippen LogP contribution in [-0.2, 0) is 19.2 Å². The van der Waals surface area contributed by atoms with Crippen molar-refractivity contribution >= 4 is 57.1 Å². The molecule has 2 saturated carbocycles. The number of carbonyl (C=O) groups excluding carboxylic acids is 4. The number of aromatic amines is 2. The zero-order chi connectivity index (χ0) is 32.0. The number of anilines is 2. The minimum absolute atomic E-state index is 0.0859. The number of carbonyl (C=O) groups is 4. The number of hydrogen-bond acceptors (Lipinski definition) is 6. The Kier molecular flexibility index (Phi) is 4.97. The van der Waals surface area contributed by atoms with E-state index in [1.54, 1.807) is 6.07 Å². The fraction of sp³-hybridized carbons (Fsp3) is 0.263. The summed E-state index contributed by atoms with van der Waals surface area (Å²) in [6, 6.07) is 18.8. The smallest absolute Gasteiger partial charge is 0.238 e. The van der Waals surface area contributed by atoms with Gasteiger partial charge in [-0.15, -0.1) is 0 Å². The first kappa shape index (κ1) is 26.4. The van der Waals surface area contributed by atoms with Gasteiger partial charge >= 0.3 is 0 Å². The van der Waals surface area contributed by atoms with E-state index in [1.165, 1.54) is 9.80 Å². The van der Waals surface area contributed by atoms with Crippen LogP contribution in [0, 0.1) is 47.3 Å². The van der Waals surface area contributed by atoms with E-state index in [4.69, 9.17) is 9.97 Å². The van der Waals surface area contributed by atoms with Crippen molar-refractivity contribution in [1.29, 1.82) is 0 Å². The summed E-state index contributed by atoms with van der Waals surface area (Å²) >= 11 is 0. The molecule has 4 amide bonds. The van der Waals surface area contributed by atoms with Crippen molar-refractivity contribution < 1.29 is 19.2 Å². The summed E-state index contributed by atoms with van der Waals surface area (Å²) in [5.74, 6) is 0.732. The van der Waals surface area contributed by atoms with Gasteiger partial charge in [-0.05, 0) is 97.2 Å². The van der Waals surface area contributed by atoms with E-state index in [0.29, 0.717) is 23.0 Å². The molecule has 0 unspecified atom stereocenters. The largest absolute Gasteiger partial charge is 0.338 e. The molecule has 48 heavy (non-hydrogen) atoms. The van der Waals surface area contributed by atoms with Gasteiger partial charge in [-0.3, -0.25) is 24.1 Å². The normalized spacial score (nSPS) is 31.1. The first-order chi connectivity index (χ1) is 23.4. The Hall–Kier alpha value is -5.64. The van der Waals surface area contributed by atoms with Crippen LogP contribution in [-0.4, -0.2) is 43.6 Å². The average Bonchev–Trinajstić information content (AvgIpc) is 3.95. The van der Waals surface area contributed by atoms with Gasteiger partial charge in [0.05, 0.1) is 57.1 Å². The van der Waals surface area contributed by atoms with Crippen molar-refractivity contribution in [3.05, 3.63) is 85.0 Å². The number of imide groups is 2. The van der Waals surface area contributed by atoms with Gasteiger partial charge in [-0.1, -0.05) is 24.3 Å². The Morgan fingerprint density at radius 3 is 1.46 bits per heavy atom. The zero-order valence-electron chi connectivity index (χ0n) is 25.5. The van der Waals surface area contributed by atoms with Gasteiger partial charge in [0.25, 0.3) is 0 Å². The molecule has 3 aromatic carbocycles. The number of allylic oxidation sites excluding steroid dienone is 4. The number of H-pyrrole nitrogens is 2. The van der Waals surface area contributed by atoms with E-state index < -0.39 is 0 Å². The Bertz CT molecular complexity index is 2310. The number of nitrogens with one attached hydrogen (secondary N) is 2. The molecule has 4 heterocycles. The fourth-order valence-electron chi connectivity index (χ4n) is 9.65. The lowest BCUT2D eigenvalue weighted by molar-refractivity contribution is -0.124. The summed E-state index contributed by atoms with van der Waals surface area (Å²) in [7, 11) is 0. The summed E-state index contributed by atoms with van der Waals surface area (Å²) < 4.78 is 0. The summed E-state index contributed by atoms with van der Waals surface area (Å²) in [5, 5.41) is 0. The highest BCUT2D eigenvalue weighted by atomic mass is 16.2. The van der Waals surface area contributed by atoms with E-state index in [9.17, 15) is 19.2 Å². The third kappa shape index (κ3) is 3.36. The second kappa shape index (κ2) is 9.03. The molecule has 0 radical (unpaired) electrons. The molecular weight excluding hydrogens is 604 g/mol. The van der Waals surface area contributed by atoms with Gasteiger partial charge in [0.1, 0.15) is 11.6 Å². The molecule has 10 heteroatoms. The van der Waals surface area contributed by atoms with Crippen molar-refractivity contribution in [2.24, 2.45) is 47.3 Å². The molecule has 2 aliphatic heterocycles. The molecule has 6 aliphatic rings. The van der Waals surface area contributed by atoms with Gasteiger partial charge < -0.3 is 9.97 Å². The molecule has 8 atom stereocenters. The molecule has 0 spiro atoms. The number of amides is 4. The van der Waals surface area contributed by atoms with E-state index >= 15 is 0 Å². The fourth-order valence-corrected chi connectivity index (χ4v) is 9.65. The van der Waals surface area contributed by atoms with Crippen LogP contribution in [0.5, 0.6) is 0 Å². The highest BCUT2D eigenvalue weighted by Gasteiger charge is 2.60. The lowest BCUT2D eigenvalue weighted by Gasteiger charge is -2.17. The second-order valence-corrected chi connectivity index (χ2v) is 14.2. The molecule has 2 saturated heterocycles. The van der Waals surface area contributed by atoms with Crippen LogP contribution in [0.1, 0.15) is 12.8 Å². The van der Waals surface area contributed by atoms with Crippen LogP contribution in [0.3, 0.4) is 0 Å². The molecular formula is C38H28N6O4. The maximum absolute atomic E-state index is 13.3. The summed E-state index contributed by atoms with van der Waals surface area (Å²) in [4.78, 5) is 72.3. The van der Waals surface area contributed by atoms with Crippen LogP contribution in [0.15, 0.2) is 85.0 Å². The van der Waals surface area contributed by atoms with Crippen LogP contribution in [0.2, 0.25) is 0 Å². The maximum Gasteiger partial charge on any atom is 0.238 e. The highest BCUT2D eigenvalue weighted by molar-refractivity contribution is 6.24. The molecule has 2 aromatic heterocycles. The molecule has 11 rings (SSSR count). The summed E-state index contributed by atoms with van der Waals surface area (Å²) in [6.45, 7) is 0. The van der Waals surface area contributed by atoms with Gasteiger partial charge in [0, 0.05) is 11.1 Å². The first-order valence-electron chi connectivity index (χ1n) is 16.6. The molecule has 234 valence electrons. The summed E-state index contributed by atoms with van der Waals surface area (Å²) in [6.07, 6.45) is 10.2.